The molecule has 0 aliphatic rings. The van der Waals surface area contributed by atoms with E-state index in [1.54, 1.807) is 0 Å². The normalized spacial score (nSPS) is 7.88. The molecule has 46 valence electrons. The zero-order valence-electron chi connectivity index (χ0n) is 4.80. The molecule has 0 amide bonds. The molecule has 0 unspecified atom stereocenters. The van der Waals surface area contributed by atoms with Crippen molar-refractivity contribution in [1.29, 1.82) is 0 Å². The molecule has 0 atom stereocenters. The summed E-state index contributed by atoms with van der Waals surface area (Å²) in [7, 11) is 0. The van der Waals surface area contributed by atoms with E-state index in [9.17, 15) is 0 Å². The standard InChI is InChI=1S/C4H8N2S2/c1-3(2)5-6-4(7)8/h1-2H3,(H2,6,7,8). The maximum atomic E-state index is 4.56. The molecular weight excluding hydrogens is 140 g/mol. The van der Waals surface area contributed by atoms with E-state index in [1.807, 2.05) is 13.8 Å². The lowest BCUT2D eigenvalue weighted by molar-refractivity contribution is 1.06. The van der Waals surface area contributed by atoms with Gasteiger partial charge in [-0.15, -0.1) is 12.6 Å². The first-order valence-corrected chi connectivity index (χ1v) is 2.98. The number of nitrogens with zero attached hydrogens (tertiary/aromatic N) is 1. The van der Waals surface area contributed by atoms with Gasteiger partial charge in [-0.3, -0.25) is 5.43 Å². The van der Waals surface area contributed by atoms with E-state index >= 15 is 0 Å². The Kier molecular flexibility index (Phi) is 3.81. The quantitative estimate of drug-likeness (QED) is 0.253. The van der Waals surface area contributed by atoms with E-state index in [-0.39, 0.29) is 0 Å². The van der Waals surface area contributed by atoms with Crippen LogP contribution in [0.3, 0.4) is 0 Å². The highest BCUT2D eigenvalue weighted by Crippen LogP contribution is 1.77. The average Bonchev–Trinajstić information content (AvgIpc) is 1.61. The number of hydrogen-bond donors (Lipinski definition) is 2. The molecule has 0 saturated heterocycles. The Morgan fingerprint density at radius 2 is 2.12 bits per heavy atom. The zero-order valence-corrected chi connectivity index (χ0v) is 6.51. The predicted octanol–water partition coefficient (Wildman–Crippen LogP) is 1.19. The molecule has 8 heavy (non-hydrogen) atoms. The van der Waals surface area contributed by atoms with Crippen LogP contribution in [0.25, 0.3) is 0 Å². The summed E-state index contributed by atoms with van der Waals surface area (Å²) in [6, 6.07) is 0. The van der Waals surface area contributed by atoms with E-state index in [4.69, 9.17) is 0 Å². The number of thiocarbonyl (C=S) groups is 1. The van der Waals surface area contributed by atoms with Gasteiger partial charge in [0.25, 0.3) is 0 Å². The second kappa shape index (κ2) is 3.86. The van der Waals surface area contributed by atoms with Gasteiger partial charge in [-0.05, 0) is 13.8 Å². The van der Waals surface area contributed by atoms with Crippen molar-refractivity contribution in [2.75, 3.05) is 0 Å². The van der Waals surface area contributed by atoms with E-state index < -0.39 is 0 Å². The van der Waals surface area contributed by atoms with Crippen molar-refractivity contribution in [2.45, 2.75) is 13.8 Å². The number of hydrogen-bond acceptors (Lipinski definition) is 2. The van der Waals surface area contributed by atoms with Gasteiger partial charge in [0.2, 0.25) is 0 Å². The van der Waals surface area contributed by atoms with Gasteiger partial charge < -0.3 is 0 Å². The van der Waals surface area contributed by atoms with Crippen molar-refractivity contribution in [2.24, 2.45) is 5.10 Å². The van der Waals surface area contributed by atoms with Crippen molar-refractivity contribution in [3.8, 4) is 0 Å². The predicted molar refractivity (Wildman–Crippen MR) is 43.5 cm³/mol. The highest BCUT2D eigenvalue weighted by atomic mass is 32.1. The average molecular weight is 148 g/mol. The van der Waals surface area contributed by atoms with Crippen molar-refractivity contribution < 1.29 is 0 Å². The minimum absolute atomic E-state index is 0.395. The van der Waals surface area contributed by atoms with Crippen molar-refractivity contribution in [1.82, 2.24) is 5.43 Å². The fourth-order valence-corrected chi connectivity index (χ4v) is 0.255. The molecule has 0 aromatic rings. The molecular formula is C4H8N2S2. The topological polar surface area (TPSA) is 24.4 Å². The van der Waals surface area contributed by atoms with E-state index in [1.165, 1.54) is 0 Å². The number of rotatable bonds is 1. The molecule has 1 N–H and O–H groups in total. The molecule has 4 heteroatoms. The van der Waals surface area contributed by atoms with Crippen LogP contribution in [0.2, 0.25) is 0 Å². The summed E-state index contributed by atoms with van der Waals surface area (Å²) >= 11 is 8.35. The Hall–Kier alpha value is -0.0900. The van der Waals surface area contributed by atoms with Gasteiger partial charge in [0.15, 0.2) is 4.32 Å². The van der Waals surface area contributed by atoms with Crippen LogP contribution in [0.4, 0.5) is 0 Å². The lowest BCUT2D eigenvalue weighted by atomic mass is 10.5. The largest absolute Gasteiger partial charge is 0.263 e. The monoisotopic (exact) mass is 148 g/mol. The second-order valence-electron chi connectivity index (χ2n) is 1.48. The van der Waals surface area contributed by atoms with Gasteiger partial charge in [0.1, 0.15) is 0 Å². The lowest BCUT2D eigenvalue weighted by Gasteiger charge is -1.92. The first kappa shape index (κ1) is 7.91. The molecule has 2 nitrogen and oxygen atoms in total. The molecule has 0 spiro atoms. The molecule has 0 heterocycles. The Morgan fingerprint density at radius 3 is 2.25 bits per heavy atom. The second-order valence-corrected chi connectivity index (χ2v) is 2.63. The number of thiol groups is 1. The third kappa shape index (κ3) is 5.91. The molecule has 0 aromatic heterocycles. The van der Waals surface area contributed by atoms with E-state index in [0.29, 0.717) is 4.32 Å². The van der Waals surface area contributed by atoms with Gasteiger partial charge in [0.05, 0.1) is 0 Å². The van der Waals surface area contributed by atoms with Crippen LogP contribution in [0, 0.1) is 0 Å². The fraction of sp³-hybridized carbons (Fsp3) is 0.500. The Morgan fingerprint density at radius 1 is 1.62 bits per heavy atom. The SMILES string of the molecule is CC(C)=NNC(=S)S. The van der Waals surface area contributed by atoms with Crippen LogP contribution < -0.4 is 5.43 Å². The van der Waals surface area contributed by atoms with Crippen LogP contribution in [0.1, 0.15) is 13.8 Å². The summed E-state index contributed by atoms with van der Waals surface area (Å²) in [6.45, 7) is 3.75. The molecule has 0 saturated carbocycles. The molecule has 0 aliphatic carbocycles. The van der Waals surface area contributed by atoms with Crippen LogP contribution in [0.5, 0.6) is 0 Å². The smallest absolute Gasteiger partial charge is 0.150 e. The molecule has 0 radical (unpaired) electrons. The van der Waals surface area contributed by atoms with Gasteiger partial charge in [-0.1, -0.05) is 12.2 Å². The van der Waals surface area contributed by atoms with Crippen molar-refractivity contribution in [3.63, 3.8) is 0 Å². The molecule has 0 aromatic carbocycles. The molecule has 0 rings (SSSR count). The summed E-state index contributed by atoms with van der Waals surface area (Å²) in [5, 5.41) is 3.77. The Balaban J connectivity index is 3.45. The summed E-state index contributed by atoms with van der Waals surface area (Å²) < 4.78 is 0.395. The highest BCUT2D eigenvalue weighted by Gasteiger charge is 1.79. The summed E-state index contributed by atoms with van der Waals surface area (Å²) in [4.78, 5) is 0. The van der Waals surface area contributed by atoms with E-state index in [0.717, 1.165) is 5.71 Å². The fourth-order valence-electron chi connectivity index (χ4n) is 0.160. The zero-order chi connectivity index (χ0) is 6.57. The minimum Gasteiger partial charge on any atom is -0.263 e. The number of nitrogens with one attached hydrogen (secondary N) is 1. The Labute approximate surface area is 59.8 Å². The van der Waals surface area contributed by atoms with Gasteiger partial charge in [-0.25, -0.2) is 0 Å². The highest BCUT2D eigenvalue weighted by molar-refractivity contribution is 8.11. The summed E-state index contributed by atoms with van der Waals surface area (Å²) in [5.74, 6) is 0. The van der Waals surface area contributed by atoms with Crippen molar-refractivity contribution >= 4 is 34.9 Å². The third-order valence-electron chi connectivity index (χ3n) is 0.375. The van der Waals surface area contributed by atoms with E-state index in [2.05, 4.69) is 35.4 Å². The van der Waals surface area contributed by atoms with Crippen molar-refractivity contribution in [3.05, 3.63) is 0 Å². The third-order valence-corrected chi connectivity index (χ3v) is 0.566. The van der Waals surface area contributed by atoms with Crippen LogP contribution >= 0.6 is 24.8 Å². The lowest BCUT2D eigenvalue weighted by Crippen LogP contribution is -2.08. The first-order chi connectivity index (χ1) is 3.63. The maximum Gasteiger partial charge on any atom is 0.150 e. The van der Waals surface area contributed by atoms with Crippen LogP contribution in [-0.2, 0) is 0 Å². The summed E-state index contributed by atoms with van der Waals surface area (Å²) in [5.41, 5.74) is 3.46. The van der Waals surface area contributed by atoms with Crippen LogP contribution in [-0.4, -0.2) is 10.0 Å². The van der Waals surface area contributed by atoms with Gasteiger partial charge in [-0.2, -0.15) is 5.10 Å². The first-order valence-electron chi connectivity index (χ1n) is 2.12. The number of hydrazone groups is 1. The Bertz CT molecular complexity index is 115. The summed E-state index contributed by atoms with van der Waals surface area (Å²) in [6.07, 6.45) is 0. The maximum absolute atomic E-state index is 4.56. The molecule has 0 fully saturated rings. The molecule has 0 bridgehead atoms. The molecule has 0 aliphatic heterocycles. The van der Waals surface area contributed by atoms with Gasteiger partial charge in [0, 0.05) is 5.71 Å². The van der Waals surface area contributed by atoms with Crippen LogP contribution in [0.15, 0.2) is 5.10 Å². The van der Waals surface area contributed by atoms with Gasteiger partial charge >= 0.3 is 0 Å². The minimum atomic E-state index is 0.395.